The third-order valence-corrected chi connectivity index (χ3v) is 21.0. The van der Waals surface area contributed by atoms with Gasteiger partial charge in [0.25, 0.3) is 0 Å². The number of fused-ring (bicyclic) bond motifs is 15. The van der Waals surface area contributed by atoms with Gasteiger partial charge in [-0.2, -0.15) is 0 Å². The van der Waals surface area contributed by atoms with Gasteiger partial charge in [0.2, 0.25) is 0 Å². The Bertz CT molecular complexity index is 5010. The van der Waals surface area contributed by atoms with Crippen molar-refractivity contribution in [1.82, 2.24) is 0 Å². The van der Waals surface area contributed by atoms with Crippen LogP contribution >= 0.6 is 22.7 Å². The maximum Gasteiger partial charge on any atom is 0.0497 e. The van der Waals surface area contributed by atoms with Crippen LogP contribution in [0.3, 0.4) is 0 Å². The van der Waals surface area contributed by atoms with Crippen molar-refractivity contribution >= 4 is 108 Å². The van der Waals surface area contributed by atoms with Crippen LogP contribution in [0.25, 0.3) is 119 Å². The molecule has 17 rings (SSSR count). The fourth-order valence-corrected chi connectivity index (χ4v) is 17.0. The summed E-state index contributed by atoms with van der Waals surface area (Å²) in [4.78, 5) is 4.13. The summed E-state index contributed by atoms with van der Waals surface area (Å²) in [6.07, 6.45) is 12.1. The molecule has 14 aromatic rings. The van der Waals surface area contributed by atoms with E-state index in [-0.39, 0.29) is 11.5 Å². The van der Waals surface area contributed by atoms with Crippen LogP contribution < -0.4 is 4.90 Å². The van der Waals surface area contributed by atoms with Crippen LogP contribution in [0.2, 0.25) is 0 Å². The zero-order chi connectivity index (χ0) is 54.8. The summed E-state index contributed by atoms with van der Waals surface area (Å²) in [6, 6.07) is 95.6. The molecule has 3 unspecified atom stereocenters. The molecule has 0 bridgehead atoms. The molecule has 1 saturated carbocycles. The average molecular weight is 1090 g/mol. The van der Waals surface area contributed by atoms with Crippen molar-refractivity contribution in [2.75, 3.05) is 4.90 Å². The van der Waals surface area contributed by atoms with Crippen molar-refractivity contribution in [2.24, 2.45) is 5.92 Å². The molecule has 12 aromatic carbocycles. The monoisotopic (exact) mass is 1090 g/mol. The molecule has 2 aliphatic carbocycles. The normalized spacial score (nSPS) is 18.5. The van der Waals surface area contributed by atoms with Crippen molar-refractivity contribution < 1.29 is 0 Å². The molecular formula is C80H55NS2. The van der Waals surface area contributed by atoms with E-state index in [1.807, 2.05) is 22.7 Å². The summed E-state index contributed by atoms with van der Waals surface area (Å²) in [5.41, 5.74) is 19.1. The van der Waals surface area contributed by atoms with E-state index < -0.39 is 0 Å². The van der Waals surface area contributed by atoms with Crippen molar-refractivity contribution in [2.45, 2.75) is 31.2 Å². The van der Waals surface area contributed by atoms with Gasteiger partial charge in [-0.15, -0.1) is 22.7 Å². The number of benzene rings is 12. The van der Waals surface area contributed by atoms with E-state index in [0.29, 0.717) is 5.92 Å². The summed E-state index contributed by atoms with van der Waals surface area (Å²) in [5.74, 6) is 0.362. The lowest BCUT2D eigenvalue weighted by atomic mass is 9.79. The summed E-state index contributed by atoms with van der Waals surface area (Å²) < 4.78 is 3.97. The molecule has 0 spiro atoms. The molecule has 0 amide bonds. The number of nitrogens with zero attached hydrogens (tertiary/aromatic N) is 1. The smallest absolute Gasteiger partial charge is 0.0497 e. The van der Waals surface area contributed by atoms with E-state index in [1.54, 1.807) is 0 Å². The minimum absolute atomic E-state index is 0.0106. The highest BCUT2D eigenvalue weighted by Crippen LogP contribution is 2.70. The Labute approximate surface area is 491 Å². The van der Waals surface area contributed by atoms with Gasteiger partial charge in [-0.1, -0.05) is 212 Å². The lowest BCUT2D eigenvalue weighted by Crippen LogP contribution is -2.27. The van der Waals surface area contributed by atoms with E-state index in [4.69, 9.17) is 0 Å². The maximum atomic E-state index is 2.63. The molecule has 3 aliphatic rings. The van der Waals surface area contributed by atoms with Crippen LogP contribution in [0.4, 0.5) is 11.4 Å². The average Bonchev–Trinajstić information content (AvgIpc) is 1.70. The number of hydrogen-bond donors (Lipinski definition) is 0. The molecule has 392 valence electrons. The molecule has 1 aliphatic heterocycles. The van der Waals surface area contributed by atoms with Crippen LogP contribution in [0.1, 0.15) is 34.9 Å². The largest absolute Gasteiger partial charge is 0.335 e. The first-order valence-corrected chi connectivity index (χ1v) is 30.8. The highest BCUT2D eigenvalue weighted by Gasteiger charge is 2.62. The third kappa shape index (κ3) is 7.79. The number of anilines is 2. The van der Waals surface area contributed by atoms with Gasteiger partial charge in [0, 0.05) is 69.4 Å². The van der Waals surface area contributed by atoms with E-state index in [9.17, 15) is 0 Å². The van der Waals surface area contributed by atoms with Crippen molar-refractivity contribution in [1.29, 1.82) is 0 Å². The summed E-state index contributed by atoms with van der Waals surface area (Å²) >= 11 is 3.94. The Kier molecular flexibility index (Phi) is 11.1. The molecule has 3 heteroatoms. The number of rotatable bonds is 7. The van der Waals surface area contributed by atoms with Gasteiger partial charge < -0.3 is 4.90 Å². The van der Waals surface area contributed by atoms with Gasteiger partial charge >= 0.3 is 0 Å². The lowest BCUT2D eigenvalue weighted by Gasteiger charge is -2.32. The fourth-order valence-electron chi connectivity index (χ4n) is 14.4. The molecule has 0 saturated heterocycles. The minimum atomic E-state index is -0.163. The fraction of sp³-hybridized carbons (Fsp3) is 0.0750. The molecule has 1 fully saturated rings. The van der Waals surface area contributed by atoms with E-state index in [2.05, 4.69) is 291 Å². The zero-order valence-electron chi connectivity index (χ0n) is 45.9. The summed E-state index contributed by atoms with van der Waals surface area (Å²) in [5, 5.41) is 11.7. The van der Waals surface area contributed by atoms with Gasteiger partial charge in [-0.05, 0) is 186 Å². The first-order chi connectivity index (χ1) is 41.0. The number of hydrogen-bond acceptors (Lipinski definition) is 3. The second-order valence-corrected chi connectivity index (χ2v) is 25.2. The molecule has 2 aromatic heterocycles. The van der Waals surface area contributed by atoms with Gasteiger partial charge in [-0.3, -0.25) is 0 Å². The molecule has 3 atom stereocenters. The predicted molar refractivity (Wildman–Crippen MR) is 358 cm³/mol. The molecule has 1 nitrogen and oxygen atoms in total. The van der Waals surface area contributed by atoms with Crippen LogP contribution in [-0.2, 0) is 11.8 Å². The maximum absolute atomic E-state index is 2.63. The Morgan fingerprint density at radius 1 is 0.422 bits per heavy atom. The molecule has 0 N–H and O–H groups in total. The summed E-state index contributed by atoms with van der Waals surface area (Å²) in [6.45, 7) is 2.40. The van der Waals surface area contributed by atoms with Gasteiger partial charge in [0.15, 0.2) is 0 Å². The van der Waals surface area contributed by atoms with E-state index in [1.165, 1.54) is 151 Å². The first-order valence-electron chi connectivity index (χ1n) is 29.2. The van der Waals surface area contributed by atoms with Crippen LogP contribution in [0.5, 0.6) is 0 Å². The third-order valence-electron chi connectivity index (χ3n) is 18.4. The second kappa shape index (κ2) is 19.1. The molecule has 83 heavy (non-hydrogen) atoms. The quantitative estimate of drug-likeness (QED) is 0.144. The number of allylic oxidation sites excluding steroid dienone is 4. The van der Waals surface area contributed by atoms with Crippen molar-refractivity contribution in [3.8, 4) is 44.5 Å². The molecular weight excluding hydrogens is 1040 g/mol. The van der Waals surface area contributed by atoms with Crippen molar-refractivity contribution in [3.63, 3.8) is 0 Å². The number of thiophene rings is 2. The van der Waals surface area contributed by atoms with Crippen LogP contribution in [0, 0.1) is 5.92 Å². The van der Waals surface area contributed by atoms with Crippen LogP contribution in [0.15, 0.2) is 279 Å². The molecule has 3 heterocycles. The highest BCUT2D eigenvalue weighted by molar-refractivity contribution is 7.26. The SMILES string of the molecule is CC1/C=C\C(C23CC2C(c2ccccc2)=Cc2c3sc3ccc(-c4ccccc4)cc23)=C/Cc2cc(-c3cc(-c4ccccc4)cc4c3sc3ccc(-c5ccccc5)cc34)ccc2N1c1ccc2c3ccccc3c3ccccc3c2c1. The second-order valence-electron chi connectivity index (χ2n) is 23.1. The predicted octanol–water partition coefficient (Wildman–Crippen LogP) is 22.5. The van der Waals surface area contributed by atoms with Gasteiger partial charge in [0.05, 0.1) is 0 Å². The zero-order valence-corrected chi connectivity index (χ0v) is 47.5. The van der Waals surface area contributed by atoms with Gasteiger partial charge in [-0.25, -0.2) is 0 Å². The standard InChI is InChI=1S/C80H55NS2/c1-50-30-35-60(80-49-74(80)67(54-24-12-5-13-25-54)48-73-71-44-56(52-20-8-3-9-21-52)34-41-77(71)83-79(73)80)36-31-58-42-57(32-39-75(58)81(50)61-37-38-66-64-28-15-14-26-62(64)63-27-16-17-29-65(63)69(66)47-61)68-45-59(53-22-10-4-11-23-53)46-72-70-43-55(51-18-6-2-7-19-51)33-40-76(70)82-78(68)72/h2-30,32-48,50,74H,31,49H2,1H3/b35-30-,60-36+. The van der Waals surface area contributed by atoms with Gasteiger partial charge in [0.1, 0.15) is 0 Å². The Morgan fingerprint density at radius 2 is 0.964 bits per heavy atom. The van der Waals surface area contributed by atoms with E-state index >= 15 is 0 Å². The van der Waals surface area contributed by atoms with E-state index in [0.717, 1.165) is 12.8 Å². The van der Waals surface area contributed by atoms with Crippen molar-refractivity contribution in [3.05, 3.63) is 300 Å². The first kappa shape index (κ1) is 48.3. The van der Waals surface area contributed by atoms with Crippen LogP contribution in [-0.4, -0.2) is 6.04 Å². The Balaban J connectivity index is 0.878. The summed E-state index contributed by atoms with van der Waals surface area (Å²) in [7, 11) is 0. The Hall–Kier alpha value is -9.38. The highest BCUT2D eigenvalue weighted by atomic mass is 32.1. The lowest BCUT2D eigenvalue weighted by molar-refractivity contribution is 0.801. The molecule has 0 radical (unpaired) electrons. The Morgan fingerprint density at radius 3 is 1.61 bits per heavy atom. The minimum Gasteiger partial charge on any atom is -0.335 e. The topological polar surface area (TPSA) is 3.24 Å².